The SMILES string of the molecule is O=C(NCc1cc(C(F)(F)F)cc(C(F)(F)F)c1)[C@@H](CCN1CCc2ccccc2C1)c1ccc(F)cc1. The molecule has 1 aliphatic rings. The number of nitrogens with zero attached hydrogens (tertiary/aromatic N) is 1. The number of hydrogen-bond acceptors (Lipinski definition) is 2. The van der Waals surface area contributed by atoms with Crippen molar-refractivity contribution in [3.05, 3.63) is 106 Å². The fraction of sp³-hybridized carbons (Fsp3) is 0.321. The summed E-state index contributed by atoms with van der Waals surface area (Å²) < 4.78 is 92.7. The lowest BCUT2D eigenvalue weighted by Crippen LogP contribution is -2.35. The van der Waals surface area contributed by atoms with Crippen LogP contribution in [0.2, 0.25) is 0 Å². The van der Waals surface area contributed by atoms with Gasteiger partial charge in [0.2, 0.25) is 5.91 Å². The Hall–Kier alpha value is -3.40. The molecular weight excluding hydrogens is 513 g/mol. The largest absolute Gasteiger partial charge is 0.416 e. The first-order chi connectivity index (χ1) is 17.9. The van der Waals surface area contributed by atoms with Crippen molar-refractivity contribution in [2.45, 2.75) is 44.2 Å². The lowest BCUT2D eigenvalue weighted by Gasteiger charge is -2.30. The van der Waals surface area contributed by atoms with Gasteiger partial charge < -0.3 is 5.32 Å². The van der Waals surface area contributed by atoms with Crippen molar-refractivity contribution in [3.8, 4) is 0 Å². The van der Waals surface area contributed by atoms with Crippen LogP contribution in [0.25, 0.3) is 0 Å². The maximum Gasteiger partial charge on any atom is 0.416 e. The maximum atomic E-state index is 13.5. The molecule has 0 aliphatic carbocycles. The molecule has 10 heteroatoms. The normalized spacial score (nSPS) is 15.1. The quantitative estimate of drug-likeness (QED) is 0.339. The van der Waals surface area contributed by atoms with Gasteiger partial charge in [-0.2, -0.15) is 26.3 Å². The fourth-order valence-electron chi connectivity index (χ4n) is 4.63. The lowest BCUT2D eigenvalue weighted by atomic mass is 9.93. The van der Waals surface area contributed by atoms with Gasteiger partial charge >= 0.3 is 12.4 Å². The standard InChI is InChI=1S/C28H25F7N2O/c29-24-7-5-20(6-8-24)25(10-12-37-11-9-19-3-1-2-4-21(19)17-37)26(38)36-16-18-13-22(27(30,31)32)15-23(14-18)28(33,34)35/h1-8,13-15,25H,9-12,16-17H2,(H,36,38)/t25-/m0/s1. The van der Waals surface area contributed by atoms with Crippen molar-refractivity contribution in [1.29, 1.82) is 0 Å². The van der Waals surface area contributed by atoms with Crippen LogP contribution in [0.1, 0.15) is 45.7 Å². The molecule has 0 saturated carbocycles. The Morgan fingerprint density at radius 3 is 2.08 bits per heavy atom. The number of amides is 1. The van der Waals surface area contributed by atoms with Gasteiger partial charge in [0.15, 0.2) is 0 Å². The van der Waals surface area contributed by atoms with Gasteiger partial charge in [-0.05, 0) is 72.0 Å². The van der Waals surface area contributed by atoms with Gasteiger partial charge in [0.25, 0.3) is 0 Å². The molecular formula is C28H25F7N2O. The molecule has 1 amide bonds. The summed E-state index contributed by atoms with van der Waals surface area (Å²) in [4.78, 5) is 15.3. The van der Waals surface area contributed by atoms with E-state index < -0.39 is 47.7 Å². The summed E-state index contributed by atoms with van der Waals surface area (Å²) in [7, 11) is 0. The third kappa shape index (κ3) is 6.92. The van der Waals surface area contributed by atoms with Crippen LogP contribution < -0.4 is 5.32 Å². The molecule has 3 aromatic carbocycles. The van der Waals surface area contributed by atoms with Crippen LogP contribution in [0, 0.1) is 5.82 Å². The van der Waals surface area contributed by atoms with Crippen LogP contribution in [0.4, 0.5) is 30.7 Å². The van der Waals surface area contributed by atoms with Crippen LogP contribution in [-0.4, -0.2) is 23.9 Å². The molecule has 0 unspecified atom stereocenters. The molecule has 202 valence electrons. The van der Waals surface area contributed by atoms with E-state index >= 15 is 0 Å². The molecule has 0 fully saturated rings. The summed E-state index contributed by atoms with van der Waals surface area (Å²) in [5.41, 5.74) is -0.274. The van der Waals surface area contributed by atoms with Gasteiger partial charge in [-0.15, -0.1) is 0 Å². The average molecular weight is 539 g/mol. The van der Waals surface area contributed by atoms with Crippen LogP contribution >= 0.6 is 0 Å². The van der Waals surface area contributed by atoms with Crippen LogP contribution in [-0.2, 0) is 36.7 Å². The zero-order valence-electron chi connectivity index (χ0n) is 20.2. The number of carbonyl (C=O) groups is 1. The molecule has 1 atom stereocenters. The Morgan fingerprint density at radius 1 is 0.868 bits per heavy atom. The predicted octanol–water partition coefficient (Wildman–Crippen LogP) is 6.71. The second-order valence-corrected chi connectivity index (χ2v) is 9.32. The van der Waals surface area contributed by atoms with E-state index in [0.717, 1.165) is 13.0 Å². The average Bonchev–Trinajstić information content (AvgIpc) is 2.87. The van der Waals surface area contributed by atoms with Crippen molar-refractivity contribution in [1.82, 2.24) is 10.2 Å². The highest BCUT2D eigenvalue weighted by molar-refractivity contribution is 5.83. The summed E-state index contributed by atoms with van der Waals surface area (Å²) in [5, 5.41) is 2.49. The highest BCUT2D eigenvalue weighted by Gasteiger charge is 2.37. The lowest BCUT2D eigenvalue weighted by molar-refractivity contribution is -0.143. The second kappa shape index (κ2) is 11.1. The number of carbonyl (C=O) groups excluding carboxylic acids is 1. The fourth-order valence-corrected chi connectivity index (χ4v) is 4.63. The molecule has 4 rings (SSSR count). The van der Waals surface area contributed by atoms with E-state index in [1.807, 2.05) is 18.2 Å². The first-order valence-electron chi connectivity index (χ1n) is 12.0. The van der Waals surface area contributed by atoms with Gasteiger partial charge in [-0.25, -0.2) is 4.39 Å². The Kier molecular flexibility index (Phi) is 8.10. The molecule has 0 bridgehead atoms. The molecule has 0 radical (unpaired) electrons. The number of benzene rings is 3. The van der Waals surface area contributed by atoms with E-state index in [0.29, 0.717) is 37.2 Å². The molecule has 0 spiro atoms. The highest BCUT2D eigenvalue weighted by atomic mass is 19.4. The van der Waals surface area contributed by atoms with Crippen LogP contribution in [0.3, 0.4) is 0 Å². The van der Waals surface area contributed by atoms with E-state index in [2.05, 4.69) is 16.3 Å². The van der Waals surface area contributed by atoms with Gasteiger partial charge in [0.05, 0.1) is 17.0 Å². The van der Waals surface area contributed by atoms with E-state index in [-0.39, 0.29) is 11.6 Å². The zero-order chi connectivity index (χ0) is 27.5. The van der Waals surface area contributed by atoms with E-state index in [1.54, 1.807) is 0 Å². The number of nitrogens with one attached hydrogen (secondary N) is 1. The minimum Gasteiger partial charge on any atom is -0.351 e. The Balaban J connectivity index is 1.50. The summed E-state index contributed by atoms with van der Waals surface area (Å²) >= 11 is 0. The first kappa shape index (κ1) is 27.6. The number of hydrogen-bond donors (Lipinski definition) is 1. The monoisotopic (exact) mass is 538 g/mol. The highest BCUT2D eigenvalue weighted by Crippen LogP contribution is 2.36. The van der Waals surface area contributed by atoms with Crippen molar-refractivity contribution in [2.24, 2.45) is 0 Å². The van der Waals surface area contributed by atoms with Gasteiger partial charge in [0.1, 0.15) is 5.82 Å². The van der Waals surface area contributed by atoms with Crippen molar-refractivity contribution >= 4 is 5.91 Å². The minimum absolute atomic E-state index is 0.0450. The van der Waals surface area contributed by atoms with Crippen LogP contribution in [0.15, 0.2) is 66.7 Å². The van der Waals surface area contributed by atoms with Gasteiger partial charge in [0, 0.05) is 19.6 Å². The number of fused-ring (bicyclic) bond motifs is 1. The second-order valence-electron chi connectivity index (χ2n) is 9.32. The molecule has 38 heavy (non-hydrogen) atoms. The third-order valence-corrected chi connectivity index (χ3v) is 6.65. The van der Waals surface area contributed by atoms with Crippen molar-refractivity contribution < 1.29 is 35.5 Å². The first-order valence-corrected chi connectivity index (χ1v) is 12.0. The molecule has 3 nitrogen and oxygen atoms in total. The third-order valence-electron chi connectivity index (χ3n) is 6.65. The van der Waals surface area contributed by atoms with Crippen molar-refractivity contribution in [2.75, 3.05) is 13.1 Å². The van der Waals surface area contributed by atoms with Gasteiger partial charge in [-0.3, -0.25) is 9.69 Å². The zero-order valence-corrected chi connectivity index (χ0v) is 20.2. The summed E-state index contributed by atoms with van der Waals surface area (Å²) in [5.74, 6) is -1.84. The molecule has 1 N–H and O–H groups in total. The smallest absolute Gasteiger partial charge is 0.351 e. The Morgan fingerprint density at radius 2 is 1.47 bits per heavy atom. The number of alkyl halides is 6. The van der Waals surface area contributed by atoms with E-state index in [4.69, 9.17) is 0 Å². The number of rotatable bonds is 7. The number of halogens is 7. The minimum atomic E-state index is -4.98. The molecule has 0 saturated heterocycles. The summed E-state index contributed by atoms with van der Waals surface area (Å²) in [6.07, 6.45) is -8.79. The summed E-state index contributed by atoms with van der Waals surface area (Å²) in [6, 6.07) is 14.6. The molecule has 0 aromatic heterocycles. The molecule has 1 aliphatic heterocycles. The van der Waals surface area contributed by atoms with Crippen LogP contribution in [0.5, 0.6) is 0 Å². The Bertz CT molecular complexity index is 1240. The summed E-state index contributed by atoms with van der Waals surface area (Å²) in [6.45, 7) is 1.46. The van der Waals surface area contributed by atoms with Gasteiger partial charge in [-0.1, -0.05) is 36.4 Å². The molecule has 1 heterocycles. The topological polar surface area (TPSA) is 32.3 Å². The Labute approximate surface area is 215 Å². The molecule has 3 aromatic rings. The van der Waals surface area contributed by atoms with E-state index in [9.17, 15) is 35.5 Å². The van der Waals surface area contributed by atoms with Crippen molar-refractivity contribution in [3.63, 3.8) is 0 Å². The maximum absolute atomic E-state index is 13.5. The predicted molar refractivity (Wildman–Crippen MR) is 127 cm³/mol. The van der Waals surface area contributed by atoms with E-state index in [1.165, 1.54) is 35.4 Å².